The van der Waals surface area contributed by atoms with E-state index in [1.165, 1.54) is 0 Å². The van der Waals surface area contributed by atoms with Gasteiger partial charge in [-0.25, -0.2) is 0 Å². The third-order valence-corrected chi connectivity index (χ3v) is 4.06. The average molecular weight is 323 g/mol. The molecule has 0 spiro atoms. The fourth-order valence-electron chi connectivity index (χ4n) is 2.83. The number of amides is 2. The minimum Gasteiger partial charge on any atom is -0.372 e. The number of carbonyl (C=O) groups is 2. The summed E-state index contributed by atoms with van der Waals surface area (Å²) in [7, 11) is 0. The number of carbonyl (C=O) groups excluding carboxylic acids is 2. The molecular formula is C19H21N3O2. The smallest absolute Gasteiger partial charge is 0.250 e. The molecule has 0 aliphatic carbocycles. The Bertz CT molecular complexity index is 743. The van der Waals surface area contributed by atoms with E-state index in [4.69, 9.17) is 0 Å². The third kappa shape index (κ3) is 3.25. The van der Waals surface area contributed by atoms with E-state index in [1.54, 1.807) is 4.90 Å². The summed E-state index contributed by atoms with van der Waals surface area (Å²) in [5.74, 6) is -0.161. The van der Waals surface area contributed by atoms with Crippen LogP contribution in [0.3, 0.4) is 0 Å². The monoisotopic (exact) mass is 323 g/mol. The molecule has 0 radical (unpaired) electrons. The number of rotatable bonds is 4. The van der Waals surface area contributed by atoms with Gasteiger partial charge in [0.05, 0.1) is 11.4 Å². The summed E-state index contributed by atoms with van der Waals surface area (Å²) in [5.41, 5.74) is 2.34. The van der Waals surface area contributed by atoms with Gasteiger partial charge >= 0.3 is 0 Å². The number of hydrogen-bond donors (Lipinski definition) is 2. The Kier molecular flexibility index (Phi) is 4.51. The maximum Gasteiger partial charge on any atom is 0.250 e. The summed E-state index contributed by atoms with van der Waals surface area (Å²) in [6.07, 6.45) is 0. The second-order valence-electron chi connectivity index (χ2n) is 6.22. The van der Waals surface area contributed by atoms with Gasteiger partial charge in [0.1, 0.15) is 12.6 Å². The first-order chi connectivity index (χ1) is 11.6. The summed E-state index contributed by atoms with van der Waals surface area (Å²) in [4.78, 5) is 26.8. The lowest BCUT2D eigenvalue weighted by molar-refractivity contribution is -0.123. The third-order valence-electron chi connectivity index (χ3n) is 4.06. The summed E-state index contributed by atoms with van der Waals surface area (Å²) in [6, 6.07) is 16.5. The van der Waals surface area contributed by atoms with Crippen LogP contribution < -0.4 is 15.5 Å². The van der Waals surface area contributed by atoms with Crippen LogP contribution in [0.15, 0.2) is 54.6 Å². The van der Waals surface area contributed by atoms with Crippen LogP contribution in [0.4, 0.5) is 17.1 Å². The first kappa shape index (κ1) is 16.1. The standard InChI is InChI=1S/C19H21N3O2/c1-13(2)18-19(24)22(16-11-7-6-10-15(16)21-18)12-17(23)20-14-8-4-3-5-9-14/h3-11,13,18,21H,12H2,1-2H3,(H,20,23). The van der Waals surface area contributed by atoms with Crippen LogP contribution >= 0.6 is 0 Å². The highest BCUT2D eigenvalue weighted by molar-refractivity contribution is 6.09. The molecule has 1 heterocycles. The quantitative estimate of drug-likeness (QED) is 0.909. The summed E-state index contributed by atoms with van der Waals surface area (Å²) in [5, 5.41) is 6.11. The van der Waals surface area contributed by atoms with Gasteiger partial charge in [-0.05, 0) is 30.2 Å². The van der Waals surface area contributed by atoms with Crippen LogP contribution in [-0.4, -0.2) is 24.4 Å². The van der Waals surface area contributed by atoms with Crippen molar-refractivity contribution in [3.05, 3.63) is 54.6 Å². The Morgan fingerprint density at radius 3 is 2.50 bits per heavy atom. The second-order valence-corrected chi connectivity index (χ2v) is 6.22. The zero-order valence-electron chi connectivity index (χ0n) is 13.8. The first-order valence-corrected chi connectivity index (χ1v) is 8.08. The zero-order chi connectivity index (χ0) is 17.1. The highest BCUT2D eigenvalue weighted by atomic mass is 16.2. The Morgan fingerprint density at radius 2 is 1.79 bits per heavy atom. The average Bonchev–Trinajstić information content (AvgIpc) is 2.58. The molecule has 124 valence electrons. The van der Waals surface area contributed by atoms with Gasteiger partial charge in [-0.3, -0.25) is 14.5 Å². The van der Waals surface area contributed by atoms with E-state index in [1.807, 2.05) is 68.4 Å². The highest BCUT2D eigenvalue weighted by Crippen LogP contribution is 2.32. The van der Waals surface area contributed by atoms with Crippen LogP contribution in [0.25, 0.3) is 0 Å². The lowest BCUT2D eigenvalue weighted by Crippen LogP contribution is -2.51. The number of nitrogens with zero attached hydrogens (tertiary/aromatic N) is 1. The fraction of sp³-hybridized carbons (Fsp3) is 0.263. The lowest BCUT2D eigenvalue weighted by Gasteiger charge is -2.36. The molecule has 1 aliphatic rings. The van der Waals surface area contributed by atoms with Crippen molar-refractivity contribution in [2.24, 2.45) is 5.92 Å². The summed E-state index contributed by atoms with van der Waals surface area (Å²) in [6.45, 7) is 3.98. The number of fused-ring (bicyclic) bond motifs is 1. The van der Waals surface area contributed by atoms with E-state index >= 15 is 0 Å². The molecule has 1 unspecified atom stereocenters. The van der Waals surface area contributed by atoms with Gasteiger partial charge in [0.2, 0.25) is 11.8 Å². The van der Waals surface area contributed by atoms with E-state index in [9.17, 15) is 9.59 Å². The molecule has 0 saturated carbocycles. The SMILES string of the molecule is CC(C)C1Nc2ccccc2N(CC(=O)Nc2ccccc2)C1=O. The number of anilines is 3. The van der Waals surface area contributed by atoms with Crippen molar-refractivity contribution in [1.82, 2.24) is 0 Å². The van der Waals surface area contributed by atoms with Crippen LogP contribution in [0, 0.1) is 5.92 Å². The minimum atomic E-state index is -0.329. The molecule has 0 fully saturated rings. The summed E-state index contributed by atoms with van der Waals surface area (Å²) < 4.78 is 0. The van der Waals surface area contributed by atoms with E-state index in [0.29, 0.717) is 0 Å². The summed E-state index contributed by atoms with van der Waals surface area (Å²) >= 11 is 0. The van der Waals surface area contributed by atoms with E-state index < -0.39 is 0 Å². The van der Waals surface area contributed by atoms with Gasteiger partial charge in [-0.15, -0.1) is 0 Å². The molecule has 5 heteroatoms. The van der Waals surface area contributed by atoms with Crippen molar-refractivity contribution in [3.8, 4) is 0 Å². The van der Waals surface area contributed by atoms with Crippen LogP contribution in [0.2, 0.25) is 0 Å². The number of para-hydroxylation sites is 3. The van der Waals surface area contributed by atoms with E-state index in [2.05, 4.69) is 10.6 Å². The van der Waals surface area contributed by atoms with Crippen LogP contribution in [-0.2, 0) is 9.59 Å². The molecule has 2 N–H and O–H groups in total. The predicted molar refractivity (Wildman–Crippen MR) is 96.1 cm³/mol. The van der Waals surface area contributed by atoms with Gasteiger partial charge in [0.25, 0.3) is 0 Å². The Balaban J connectivity index is 1.82. The number of benzene rings is 2. The maximum atomic E-state index is 12.8. The predicted octanol–water partition coefficient (Wildman–Crippen LogP) is 3.11. The molecule has 0 bridgehead atoms. The van der Waals surface area contributed by atoms with Crippen molar-refractivity contribution in [2.75, 3.05) is 22.1 Å². The molecule has 0 aromatic heterocycles. The minimum absolute atomic E-state index is 0.00432. The van der Waals surface area contributed by atoms with Crippen LogP contribution in [0.5, 0.6) is 0 Å². The number of hydrogen-bond acceptors (Lipinski definition) is 3. The van der Waals surface area contributed by atoms with Crippen molar-refractivity contribution >= 4 is 28.9 Å². The molecule has 3 rings (SSSR count). The maximum absolute atomic E-state index is 12.8. The number of nitrogens with one attached hydrogen (secondary N) is 2. The molecule has 24 heavy (non-hydrogen) atoms. The molecular weight excluding hydrogens is 302 g/mol. The molecule has 2 amide bonds. The van der Waals surface area contributed by atoms with Crippen molar-refractivity contribution < 1.29 is 9.59 Å². The molecule has 2 aromatic carbocycles. The Morgan fingerprint density at radius 1 is 1.12 bits per heavy atom. The highest BCUT2D eigenvalue weighted by Gasteiger charge is 2.34. The van der Waals surface area contributed by atoms with Crippen LogP contribution in [0.1, 0.15) is 13.8 Å². The first-order valence-electron chi connectivity index (χ1n) is 8.08. The zero-order valence-corrected chi connectivity index (χ0v) is 13.8. The fourth-order valence-corrected chi connectivity index (χ4v) is 2.83. The van der Waals surface area contributed by atoms with E-state index in [0.717, 1.165) is 17.1 Å². The topological polar surface area (TPSA) is 61.4 Å². The molecule has 1 aliphatic heterocycles. The molecule has 1 atom stereocenters. The van der Waals surface area contributed by atoms with E-state index in [-0.39, 0.29) is 30.3 Å². The molecule has 5 nitrogen and oxygen atoms in total. The normalized spacial score (nSPS) is 16.5. The molecule has 2 aromatic rings. The van der Waals surface area contributed by atoms with Crippen molar-refractivity contribution in [1.29, 1.82) is 0 Å². The van der Waals surface area contributed by atoms with Crippen molar-refractivity contribution in [3.63, 3.8) is 0 Å². The second kappa shape index (κ2) is 6.74. The van der Waals surface area contributed by atoms with Gasteiger partial charge < -0.3 is 10.6 Å². The Hall–Kier alpha value is -2.82. The van der Waals surface area contributed by atoms with Gasteiger partial charge in [-0.2, -0.15) is 0 Å². The van der Waals surface area contributed by atoms with Gasteiger partial charge in [-0.1, -0.05) is 44.2 Å². The van der Waals surface area contributed by atoms with Crippen molar-refractivity contribution in [2.45, 2.75) is 19.9 Å². The lowest BCUT2D eigenvalue weighted by atomic mass is 9.99. The van der Waals surface area contributed by atoms with Gasteiger partial charge in [0.15, 0.2) is 0 Å². The Labute approximate surface area is 141 Å². The largest absolute Gasteiger partial charge is 0.372 e. The molecule has 0 saturated heterocycles. The van der Waals surface area contributed by atoms with Gasteiger partial charge in [0, 0.05) is 5.69 Å².